The van der Waals surface area contributed by atoms with Crippen molar-refractivity contribution in [1.29, 1.82) is 0 Å². The van der Waals surface area contributed by atoms with Crippen molar-refractivity contribution in [3.8, 4) is 0 Å². The fourth-order valence-corrected chi connectivity index (χ4v) is 5.95. The van der Waals surface area contributed by atoms with Gasteiger partial charge in [-0.1, -0.05) is 44.5 Å². The Morgan fingerprint density at radius 3 is 2.19 bits per heavy atom. The van der Waals surface area contributed by atoms with E-state index < -0.39 is 0 Å². The number of hydrogen-bond acceptors (Lipinski definition) is 3. The third kappa shape index (κ3) is 4.76. The van der Waals surface area contributed by atoms with Gasteiger partial charge in [-0.25, -0.2) is 4.79 Å². The molecule has 3 amide bonds. The van der Waals surface area contributed by atoms with E-state index in [1.54, 1.807) is 24.3 Å². The summed E-state index contributed by atoms with van der Waals surface area (Å²) in [5.74, 6) is 1.03. The summed E-state index contributed by atoms with van der Waals surface area (Å²) >= 11 is 7.78. The summed E-state index contributed by atoms with van der Waals surface area (Å²) in [6.07, 6.45) is 1.55. The lowest BCUT2D eigenvalue weighted by molar-refractivity contribution is 0.0585. The van der Waals surface area contributed by atoms with E-state index in [1.807, 2.05) is 33.7 Å². The summed E-state index contributed by atoms with van der Waals surface area (Å²) in [6.45, 7) is 8.52. The minimum absolute atomic E-state index is 0.0612. The molecule has 1 spiro atoms. The Kier molecular flexibility index (Phi) is 6.46. The van der Waals surface area contributed by atoms with E-state index in [0.717, 1.165) is 36.4 Å². The highest BCUT2D eigenvalue weighted by Crippen LogP contribution is 2.44. The summed E-state index contributed by atoms with van der Waals surface area (Å²) < 4.78 is 0. The average molecular weight is 472 g/mol. The average Bonchev–Trinajstić information content (AvgIpc) is 3.17. The molecule has 32 heavy (non-hydrogen) atoms. The first-order valence-corrected chi connectivity index (χ1v) is 12.4. The second-order valence-electron chi connectivity index (χ2n) is 9.50. The number of likely N-dealkylation sites (tertiary alicyclic amines) is 1. The number of halogens is 1. The third-order valence-electron chi connectivity index (χ3n) is 6.35. The molecular formula is C25H30ClN3O2S. The lowest BCUT2D eigenvalue weighted by Gasteiger charge is -2.44. The molecule has 0 radical (unpaired) electrons. The fraction of sp³-hybridized carbons (Fsp3) is 0.440. The van der Waals surface area contributed by atoms with Crippen LogP contribution in [-0.2, 0) is 5.41 Å². The Morgan fingerprint density at radius 2 is 1.59 bits per heavy atom. The Morgan fingerprint density at radius 1 is 0.969 bits per heavy atom. The highest BCUT2D eigenvalue weighted by molar-refractivity contribution is 8.00. The number of piperidine rings is 1. The van der Waals surface area contributed by atoms with E-state index >= 15 is 0 Å². The number of rotatable bonds is 2. The number of amides is 3. The van der Waals surface area contributed by atoms with Gasteiger partial charge in [0.25, 0.3) is 5.91 Å². The normalized spacial score (nSPS) is 18.1. The number of carbonyl (C=O) groups is 2. The van der Waals surface area contributed by atoms with Gasteiger partial charge in [0.2, 0.25) is 0 Å². The van der Waals surface area contributed by atoms with Crippen LogP contribution in [0, 0.1) is 0 Å². The quantitative estimate of drug-likeness (QED) is 0.597. The fourth-order valence-electron chi connectivity index (χ4n) is 4.37. The number of hydrogen-bond donors (Lipinski definition) is 1. The summed E-state index contributed by atoms with van der Waals surface area (Å²) in [4.78, 5) is 29.7. The molecule has 0 atom stereocenters. The van der Waals surface area contributed by atoms with E-state index in [4.69, 9.17) is 11.6 Å². The molecule has 2 heterocycles. The molecule has 0 aliphatic carbocycles. The van der Waals surface area contributed by atoms with Crippen LogP contribution < -0.4 is 5.32 Å². The lowest BCUT2D eigenvalue weighted by Crippen LogP contribution is -2.54. The minimum atomic E-state index is -0.225. The Bertz CT molecular complexity index is 978. The van der Waals surface area contributed by atoms with Gasteiger partial charge in [-0.2, -0.15) is 0 Å². The molecule has 0 unspecified atom stereocenters. The predicted octanol–water partition coefficient (Wildman–Crippen LogP) is 5.85. The summed E-state index contributed by atoms with van der Waals surface area (Å²) in [7, 11) is 0. The molecule has 2 aliphatic heterocycles. The highest BCUT2D eigenvalue weighted by Gasteiger charge is 2.47. The number of carbonyl (C=O) groups excluding carboxylic acids is 2. The molecule has 2 aromatic rings. The standard InChI is InChI=1S/C25H30ClN3O2S/c1-24(2,3)19-6-4-18(5-7-19)22(30)29-16-17-32-25(29)12-14-28(15-13-25)23(31)27-21-10-8-20(26)9-11-21/h4-11H,12-17H2,1-3H3,(H,27,31). The number of thioether (sulfide) groups is 1. The van der Waals surface area contributed by atoms with Crippen LogP contribution in [0.3, 0.4) is 0 Å². The van der Waals surface area contributed by atoms with Crippen LogP contribution in [0.4, 0.5) is 10.5 Å². The zero-order chi connectivity index (χ0) is 22.9. The van der Waals surface area contributed by atoms with Gasteiger partial charge < -0.3 is 15.1 Å². The van der Waals surface area contributed by atoms with Crippen LogP contribution >= 0.6 is 23.4 Å². The van der Waals surface area contributed by atoms with Crippen molar-refractivity contribution in [2.24, 2.45) is 0 Å². The highest BCUT2D eigenvalue weighted by atomic mass is 35.5. The molecule has 0 saturated carbocycles. The topological polar surface area (TPSA) is 52.7 Å². The maximum atomic E-state index is 13.4. The molecule has 2 aromatic carbocycles. The van der Waals surface area contributed by atoms with Crippen LogP contribution in [0.15, 0.2) is 48.5 Å². The zero-order valence-corrected chi connectivity index (χ0v) is 20.4. The van der Waals surface area contributed by atoms with Crippen LogP contribution in [0.5, 0.6) is 0 Å². The van der Waals surface area contributed by atoms with Gasteiger partial charge >= 0.3 is 6.03 Å². The van der Waals surface area contributed by atoms with E-state index in [2.05, 4.69) is 38.2 Å². The maximum absolute atomic E-state index is 13.4. The number of anilines is 1. The number of benzene rings is 2. The second kappa shape index (κ2) is 8.99. The first-order chi connectivity index (χ1) is 15.2. The van der Waals surface area contributed by atoms with Crippen molar-refractivity contribution < 1.29 is 9.59 Å². The van der Waals surface area contributed by atoms with E-state index in [-0.39, 0.29) is 22.2 Å². The zero-order valence-electron chi connectivity index (χ0n) is 18.9. The van der Waals surface area contributed by atoms with Crippen molar-refractivity contribution in [3.05, 3.63) is 64.7 Å². The molecule has 1 N–H and O–H groups in total. The molecular weight excluding hydrogens is 442 g/mol. The molecule has 170 valence electrons. The number of urea groups is 1. The van der Waals surface area contributed by atoms with Crippen molar-refractivity contribution in [2.75, 3.05) is 30.7 Å². The second-order valence-corrected chi connectivity index (χ2v) is 11.4. The van der Waals surface area contributed by atoms with Gasteiger partial charge in [0, 0.05) is 41.7 Å². The number of nitrogens with zero attached hydrogens (tertiary/aromatic N) is 2. The van der Waals surface area contributed by atoms with Crippen LogP contribution in [0.2, 0.25) is 5.02 Å². The third-order valence-corrected chi connectivity index (χ3v) is 8.15. The molecule has 5 nitrogen and oxygen atoms in total. The maximum Gasteiger partial charge on any atom is 0.321 e. The lowest BCUT2D eigenvalue weighted by atomic mass is 9.86. The Hall–Kier alpha value is -2.18. The van der Waals surface area contributed by atoms with E-state index in [1.165, 1.54) is 5.56 Å². The van der Waals surface area contributed by atoms with Crippen LogP contribution in [0.25, 0.3) is 0 Å². The molecule has 2 saturated heterocycles. The molecule has 2 aliphatic rings. The Labute approximate surface area is 199 Å². The Balaban J connectivity index is 1.40. The SMILES string of the molecule is CC(C)(C)c1ccc(C(=O)N2CCSC23CCN(C(=O)Nc2ccc(Cl)cc2)CC3)cc1. The van der Waals surface area contributed by atoms with Gasteiger partial charge in [-0.3, -0.25) is 4.79 Å². The predicted molar refractivity (Wildman–Crippen MR) is 133 cm³/mol. The summed E-state index contributed by atoms with van der Waals surface area (Å²) in [5, 5.41) is 3.57. The minimum Gasteiger partial charge on any atom is -0.324 e. The first-order valence-electron chi connectivity index (χ1n) is 11.1. The first kappa shape index (κ1) is 23.0. The van der Waals surface area contributed by atoms with Crippen LogP contribution in [0.1, 0.15) is 49.5 Å². The van der Waals surface area contributed by atoms with Crippen LogP contribution in [-0.4, -0.2) is 52.0 Å². The smallest absolute Gasteiger partial charge is 0.321 e. The van der Waals surface area contributed by atoms with Gasteiger partial charge in [-0.15, -0.1) is 11.8 Å². The molecule has 7 heteroatoms. The van der Waals surface area contributed by atoms with Gasteiger partial charge in [0.1, 0.15) is 0 Å². The van der Waals surface area contributed by atoms with Crippen molar-refractivity contribution in [1.82, 2.24) is 9.80 Å². The summed E-state index contributed by atoms with van der Waals surface area (Å²) in [5.41, 5.74) is 2.75. The summed E-state index contributed by atoms with van der Waals surface area (Å²) in [6, 6.07) is 15.0. The van der Waals surface area contributed by atoms with E-state index in [0.29, 0.717) is 18.1 Å². The molecule has 2 fully saturated rings. The van der Waals surface area contributed by atoms with Gasteiger partial charge in [0.05, 0.1) is 4.87 Å². The molecule has 4 rings (SSSR count). The largest absolute Gasteiger partial charge is 0.324 e. The van der Waals surface area contributed by atoms with Gasteiger partial charge in [-0.05, 0) is 60.2 Å². The number of nitrogens with one attached hydrogen (secondary N) is 1. The van der Waals surface area contributed by atoms with Crippen molar-refractivity contribution in [3.63, 3.8) is 0 Å². The molecule has 0 aromatic heterocycles. The van der Waals surface area contributed by atoms with Gasteiger partial charge in [0.15, 0.2) is 0 Å². The van der Waals surface area contributed by atoms with Crippen molar-refractivity contribution in [2.45, 2.75) is 43.9 Å². The van der Waals surface area contributed by atoms with E-state index in [9.17, 15) is 9.59 Å². The van der Waals surface area contributed by atoms with Crippen molar-refractivity contribution >= 4 is 41.0 Å². The molecule has 0 bridgehead atoms. The monoisotopic (exact) mass is 471 g/mol.